The van der Waals surface area contributed by atoms with E-state index in [1.54, 1.807) is 12.4 Å². The van der Waals surface area contributed by atoms with E-state index in [0.717, 1.165) is 16.5 Å². The van der Waals surface area contributed by atoms with Crippen LogP contribution in [0.3, 0.4) is 0 Å². The minimum Gasteiger partial charge on any atom is -0.320 e. The zero-order chi connectivity index (χ0) is 20.9. The number of amides is 1. The number of carbonyl (C=O) groups excluding carboxylic acids is 1. The van der Waals surface area contributed by atoms with Crippen LogP contribution in [0.4, 0.5) is 10.1 Å². The molecule has 8 nitrogen and oxygen atoms in total. The van der Waals surface area contributed by atoms with E-state index < -0.39 is 0 Å². The normalized spacial score (nSPS) is 10.9. The summed E-state index contributed by atoms with van der Waals surface area (Å²) in [6.45, 7) is 2.75. The van der Waals surface area contributed by atoms with Crippen LogP contribution in [-0.2, 0) is 12.3 Å². The summed E-state index contributed by atoms with van der Waals surface area (Å²) in [4.78, 5) is 16.3. The van der Waals surface area contributed by atoms with Gasteiger partial charge in [-0.2, -0.15) is 0 Å². The first-order valence-electron chi connectivity index (χ1n) is 8.99. The van der Waals surface area contributed by atoms with Crippen molar-refractivity contribution < 1.29 is 9.18 Å². The van der Waals surface area contributed by atoms with Crippen molar-refractivity contribution in [3.63, 3.8) is 0 Å². The fourth-order valence-electron chi connectivity index (χ4n) is 2.64. The lowest BCUT2D eigenvalue weighted by Gasteiger charge is -2.06. The van der Waals surface area contributed by atoms with Crippen molar-refractivity contribution >= 4 is 34.7 Å². The molecule has 0 aliphatic heterocycles. The number of nitrogens with one attached hydrogen (secondary N) is 1. The molecule has 0 atom stereocenters. The highest BCUT2D eigenvalue weighted by Crippen LogP contribution is 2.27. The van der Waals surface area contributed by atoms with E-state index in [1.165, 1.54) is 47.4 Å². The minimum atomic E-state index is -0.382. The van der Waals surface area contributed by atoms with E-state index >= 15 is 0 Å². The first-order valence-corrected chi connectivity index (χ1v) is 10.8. The predicted molar refractivity (Wildman–Crippen MR) is 113 cm³/mol. The van der Waals surface area contributed by atoms with Crippen molar-refractivity contribution in [2.75, 3.05) is 5.32 Å². The zero-order valence-corrected chi connectivity index (χ0v) is 17.5. The number of hydrogen-bond acceptors (Lipinski definition) is 8. The van der Waals surface area contributed by atoms with Gasteiger partial charge in [0, 0.05) is 30.2 Å². The van der Waals surface area contributed by atoms with Gasteiger partial charge in [0.25, 0.3) is 5.91 Å². The standard InChI is InChI=1S/C19H16FN7OS2/c1-2-27-16(12-7-9-21-10-8-12)24-26-19(27)29-11-15-23-25-18(30-15)17(28)22-14-5-3-13(20)4-6-14/h3-10H,2,11H2,1H3,(H,22,28). The maximum atomic E-state index is 13.0. The summed E-state index contributed by atoms with van der Waals surface area (Å²) in [6, 6.07) is 9.32. The molecule has 4 aromatic rings. The Morgan fingerprint density at radius 3 is 2.60 bits per heavy atom. The quantitative estimate of drug-likeness (QED) is 0.434. The molecule has 1 aromatic carbocycles. The average molecular weight is 442 g/mol. The number of hydrogen-bond donors (Lipinski definition) is 1. The third-order valence-electron chi connectivity index (χ3n) is 4.06. The van der Waals surface area contributed by atoms with Gasteiger partial charge in [0.1, 0.15) is 10.8 Å². The second kappa shape index (κ2) is 9.09. The number of thioether (sulfide) groups is 1. The second-order valence-corrected chi connectivity index (χ2v) is 8.04. The van der Waals surface area contributed by atoms with Crippen molar-refractivity contribution in [1.29, 1.82) is 0 Å². The summed E-state index contributed by atoms with van der Waals surface area (Å²) in [6.07, 6.45) is 3.44. The van der Waals surface area contributed by atoms with Gasteiger partial charge in [-0.25, -0.2) is 4.39 Å². The summed E-state index contributed by atoms with van der Waals surface area (Å²) in [7, 11) is 0. The van der Waals surface area contributed by atoms with Crippen molar-refractivity contribution in [3.8, 4) is 11.4 Å². The maximum absolute atomic E-state index is 13.0. The summed E-state index contributed by atoms with van der Waals surface area (Å²) in [5, 5.41) is 21.0. The molecule has 0 aliphatic rings. The van der Waals surface area contributed by atoms with Crippen molar-refractivity contribution in [3.05, 3.63) is 64.6 Å². The number of pyridine rings is 1. The number of rotatable bonds is 7. The van der Waals surface area contributed by atoms with Crippen molar-refractivity contribution in [2.45, 2.75) is 24.4 Å². The Kier molecular flexibility index (Phi) is 6.10. The van der Waals surface area contributed by atoms with Crippen LogP contribution >= 0.6 is 23.1 Å². The number of anilines is 1. The molecule has 0 bridgehead atoms. The molecule has 30 heavy (non-hydrogen) atoms. The lowest BCUT2D eigenvalue weighted by Crippen LogP contribution is -2.11. The Morgan fingerprint density at radius 2 is 1.87 bits per heavy atom. The summed E-state index contributed by atoms with van der Waals surface area (Å²) < 4.78 is 15.0. The van der Waals surface area contributed by atoms with Crippen molar-refractivity contribution in [2.24, 2.45) is 0 Å². The van der Waals surface area contributed by atoms with Gasteiger partial charge >= 0.3 is 0 Å². The smallest absolute Gasteiger partial charge is 0.286 e. The van der Waals surface area contributed by atoms with Gasteiger partial charge in [-0.3, -0.25) is 9.78 Å². The van der Waals surface area contributed by atoms with Crippen LogP contribution in [0.15, 0.2) is 53.9 Å². The Balaban J connectivity index is 1.42. The van der Waals surface area contributed by atoms with Crippen LogP contribution in [0.1, 0.15) is 21.7 Å². The first-order chi connectivity index (χ1) is 14.6. The number of benzene rings is 1. The van der Waals surface area contributed by atoms with Crippen LogP contribution in [0.25, 0.3) is 11.4 Å². The zero-order valence-electron chi connectivity index (χ0n) is 15.8. The van der Waals surface area contributed by atoms with E-state index in [9.17, 15) is 9.18 Å². The molecule has 4 rings (SSSR count). The minimum absolute atomic E-state index is 0.240. The molecular formula is C19H16FN7OS2. The second-order valence-electron chi connectivity index (χ2n) is 6.04. The molecule has 0 spiro atoms. The van der Waals surface area contributed by atoms with Crippen LogP contribution in [-0.4, -0.2) is 35.9 Å². The molecule has 11 heteroatoms. The van der Waals surface area contributed by atoms with Gasteiger partial charge < -0.3 is 9.88 Å². The summed E-state index contributed by atoms with van der Waals surface area (Å²) >= 11 is 2.68. The molecule has 0 unspecified atom stereocenters. The number of halogens is 1. The molecule has 0 saturated carbocycles. The summed E-state index contributed by atoms with van der Waals surface area (Å²) in [5.74, 6) is 0.539. The number of aromatic nitrogens is 6. The van der Waals surface area contributed by atoms with Crippen LogP contribution < -0.4 is 5.32 Å². The monoisotopic (exact) mass is 441 g/mol. The lowest BCUT2D eigenvalue weighted by molar-refractivity contribution is 0.102. The van der Waals surface area contributed by atoms with Gasteiger partial charge in [-0.05, 0) is 43.3 Å². The van der Waals surface area contributed by atoms with Gasteiger partial charge in [-0.15, -0.1) is 20.4 Å². The van der Waals surface area contributed by atoms with E-state index in [0.29, 0.717) is 23.0 Å². The molecule has 3 heterocycles. The molecule has 3 aromatic heterocycles. The fraction of sp³-hybridized carbons (Fsp3) is 0.158. The number of carbonyl (C=O) groups is 1. The van der Waals surface area contributed by atoms with E-state index in [4.69, 9.17) is 0 Å². The van der Waals surface area contributed by atoms with Gasteiger partial charge in [-0.1, -0.05) is 23.1 Å². The van der Waals surface area contributed by atoms with E-state index in [-0.39, 0.29) is 16.7 Å². The Bertz CT molecular complexity index is 1150. The van der Waals surface area contributed by atoms with Crippen molar-refractivity contribution in [1.82, 2.24) is 29.9 Å². The highest BCUT2D eigenvalue weighted by atomic mass is 32.2. The van der Waals surface area contributed by atoms with Crippen LogP contribution in [0, 0.1) is 5.82 Å². The molecule has 0 radical (unpaired) electrons. The van der Waals surface area contributed by atoms with Crippen LogP contribution in [0.5, 0.6) is 0 Å². The summed E-state index contributed by atoms with van der Waals surface area (Å²) in [5.41, 5.74) is 1.44. The largest absolute Gasteiger partial charge is 0.320 e. The third kappa shape index (κ3) is 4.52. The highest BCUT2D eigenvalue weighted by Gasteiger charge is 2.16. The average Bonchev–Trinajstić information content (AvgIpc) is 3.41. The fourth-order valence-corrected chi connectivity index (χ4v) is 4.37. The van der Waals surface area contributed by atoms with Crippen LogP contribution in [0.2, 0.25) is 0 Å². The predicted octanol–water partition coefficient (Wildman–Crippen LogP) is 3.90. The maximum Gasteiger partial charge on any atom is 0.286 e. The molecule has 0 fully saturated rings. The molecule has 1 amide bonds. The molecular weight excluding hydrogens is 425 g/mol. The van der Waals surface area contributed by atoms with E-state index in [2.05, 4.69) is 30.7 Å². The molecule has 0 aliphatic carbocycles. The number of nitrogens with zero attached hydrogens (tertiary/aromatic N) is 6. The Hall–Kier alpha value is -3.18. The Morgan fingerprint density at radius 1 is 1.10 bits per heavy atom. The molecule has 1 N–H and O–H groups in total. The lowest BCUT2D eigenvalue weighted by atomic mass is 10.2. The topological polar surface area (TPSA) is 98.5 Å². The first kappa shape index (κ1) is 20.1. The molecule has 0 saturated heterocycles. The van der Waals surface area contributed by atoms with Gasteiger partial charge in [0.15, 0.2) is 11.0 Å². The SMILES string of the molecule is CCn1c(SCc2nnc(C(=O)Nc3ccc(F)cc3)s2)nnc1-c1ccncc1. The van der Waals surface area contributed by atoms with Gasteiger partial charge in [0.2, 0.25) is 5.01 Å². The Labute approximate surface area is 179 Å². The van der Waals surface area contributed by atoms with Gasteiger partial charge in [0.05, 0.1) is 5.75 Å². The molecule has 152 valence electrons. The highest BCUT2D eigenvalue weighted by molar-refractivity contribution is 7.98. The third-order valence-corrected chi connectivity index (χ3v) is 6.14. The van der Waals surface area contributed by atoms with E-state index in [1.807, 2.05) is 23.6 Å².